The lowest BCUT2D eigenvalue weighted by Crippen LogP contribution is -2.40. The van der Waals surface area contributed by atoms with E-state index in [9.17, 15) is 14.4 Å². The van der Waals surface area contributed by atoms with Gasteiger partial charge in [0.2, 0.25) is 0 Å². The molecule has 0 saturated heterocycles. The van der Waals surface area contributed by atoms with Crippen LogP contribution in [-0.4, -0.2) is 44.3 Å². The minimum absolute atomic E-state index is 0.0221. The van der Waals surface area contributed by atoms with Crippen molar-refractivity contribution in [2.24, 2.45) is 17.6 Å². The molecular formula is C24H36N2O6. The van der Waals surface area contributed by atoms with Crippen LogP contribution < -0.4 is 11.1 Å². The Morgan fingerprint density at radius 2 is 1.50 bits per heavy atom. The van der Waals surface area contributed by atoms with E-state index in [2.05, 4.69) is 10.1 Å². The van der Waals surface area contributed by atoms with Gasteiger partial charge in [-0.1, -0.05) is 43.2 Å². The molecule has 3 rings (SSSR count). The van der Waals surface area contributed by atoms with Crippen LogP contribution >= 0.6 is 0 Å². The summed E-state index contributed by atoms with van der Waals surface area (Å²) in [5.74, 6) is -0.355. The van der Waals surface area contributed by atoms with Gasteiger partial charge < -0.3 is 25.3 Å². The lowest BCUT2D eigenvalue weighted by Gasteiger charge is -2.27. The number of hydrogen-bond donors (Lipinski definition) is 2. The molecule has 0 radical (unpaired) electrons. The van der Waals surface area contributed by atoms with Crippen molar-refractivity contribution in [3.8, 4) is 0 Å². The Hall–Kier alpha value is -2.61. The van der Waals surface area contributed by atoms with Gasteiger partial charge in [0.1, 0.15) is 6.61 Å². The van der Waals surface area contributed by atoms with Crippen LogP contribution in [0.2, 0.25) is 0 Å². The molecule has 0 aliphatic heterocycles. The van der Waals surface area contributed by atoms with E-state index < -0.39 is 6.09 Å². The predicted octanol–water partition coefficient (Wildman–Crippen LogP) is 3.32. The fourth-order valence-electron chi connectivity index (χ4n) is 4.24. The van der Waals surface area contributed by atoms with Crippen molar-refractivity contribution >= 4 is 18.0 Å². The van der Waals surface area contributed by atoms with Gasteiger partial charge in [-0.25, -0.2) is 4.79 Å². The second-order valence-electron chi connectivity index (χ2n) is 8.44. The average molecular weight is 449 g/mol. The van der Waals surface area contributed by atoms with Crippen molar-refractivity contribution in [3.63, 3.8) is 0 Å². The second-order valence-corrected chi connectivity index (χ2v) is 8.44. The molecule has 8 heteroatoms. The molecule has 0 spiro atoms. The first-order valence-corrected chi connectivity index (χ1v) is 11.3. The lowest BCUT2D eigenvalue weighted by atomic mass is 9.86. The number of nitrogens with two attached hydrogens (primary N) is 1. The van der Waals surface area contributed by atoms with Crippen LogP contribution in [0, 0.1) is 11.8 Å². The number of hydrogen-bond acceptors (Lipinski definition) is 7. The Kier molecular flexibility index (Phi) is 11.0. The van der Waals surface area contributed by atoms with E-state index in [4.69, 9.17) is 15.2 Å². The molecule has 1 aromatic rings. The zero-order valence-electron chi connectivity index (χ0n) is 19.1. The highest BCUT2D eigenvalue weighted by Gasteiger charge is 2.29. The van der Waals surface area contributed by atoms with Gasteiger partial charge in [-0.3, -0.25) is 9.59 Å². The van der Waals surface area contributed by atoms with Gasteiger partial charge in [0.25, 0.3) is 0 Å². The number of ether oxygens (including phenoxy) is 3. The summed E-state index contributed by atoms with van der Waals surface area (Å²) in [7, 11) is 2.83. The third kappa shape index (κ3) is 8.86. The summed E-state index contributed by atoms with van der Waals surface area (Å²) < 4.78 is 14.6. The highest BCUT2D eigenvalue weighted by atomic mass is 16.5. The van der Waals surface area contributed by atoms with Crippen LogP contribution in [0.1, 0.15) is 56.9 Å². The largest absolute Gasteiger partial charge is 0.469 e. The van der Waals surface area contributed by atoms with Crippen LogP contribution in [0.25, 0.3) is 0 Å². The van der Waals surface area contributed by atoms with Crippen molar-refractivity contribution in [1.82, 2.24) is 5.32 Å². The van der Waals surface area contributed by atoms with Crippen molar-refractivity contribution in [1.29, 1.82) is 0 Å². The summed E-state index contributed by atoms with van der Waals surface area (Å²) in [6.07, 6.45) is 6.63. The Labute approximate surface area is 190 Å². The van der Waals surface area contributed by atoms with Crippen molar-refractivity contribution in [2.75, 3.05) is 14.2 Å². The van der Waals surface area contributed by atoms with Gasteiger partial charge in [0.15, 0.2) is 0 Å². The molecule has 0 bridgehead atoms. The number of rotatable bonds is 5. The number of carbonyl (C=O) groups excluding carboxylic acids is 3. The second kappa shape index (κ2) is 13.7. The Bertz CT molecular complexity index is 726. The maximum atomic E-state index is 11.8. The summed E-state index contributed by atoms with van der Waals surface area (Å²) in [4.78, 5) is 34.4. The number of methoxy groups -OCH3 is 2. The highest BCUT2D eigenvalue weighted by molar-refractivity contribution is 5.73. The fourth-order valence-corrected chi connectivity index (χ4v) is 4.24. The van der Waals surface area contributed by atoms with Crippen LogP contribution in [0.5, 0.6) is 0 Å². The molecule has 4 atom stereocenters. The molecule has 8 nitrogen and oxygen atoms in total. The van der Waals surface area contributed by atoms with E-state index in [0.29, 0.717) is 6.42 Å². The molecule has 4 unspecified atom stereocenters. The molecule has 0 heterocycles. The molecule has 32 heavy (non-hydrogen) atoms. The molecule has 0 aromatic heterocycles. The van der Waals surface area contributed by atoms with Gasteiger partial charge in [0.05, 0.1) is 26.1 Å². The van der Waals surface area contributed by atoms with Gasteiger partial charge >= 0.3 is 18.0 Å². The van der Waals surface area contributed by atoms with E-state index in [1.807, 2.05) is 30.3 Å². The molecule has 2 fully saturated rings. The first-order valence-electron chi connectivity index (χ1n) is 11.3. The number of carbonyl (C=O) groups is 3. The van der Waals surface area contributed by atoms with Crippen LogP contribution in [0.4, 0.5) is 4.79 Å². The highest BCUT2D eigenvalue weighted by Crippen LogP contribution is 2.25. The number of alkyl carbamates (subject to hydrolysis) is 1. The van der Waals surface area contributed by atoms with E-state index in [-0.39, 0.29) is 42.5 Å². The molecule has 2 aliphatic rings. The van der Waals surface area contributed by atoms with Crippen LogP contribution in [-0.2, 0) is 30.4 Å². The van der Waals surface area contributed by atoms with E-state index in [1.54, 1.807) is 0 Å². The standard InChI is InChI=1S/C16H21NO4.C8H15NO2/c1-20-15(18)13-8-5-9-14(10-13)17-16(19)21-11-12-6-3-2-4-7-12;1-11-8(10)6-3-2-4-7(9)5-6/h2-4,6-7,13-14H,5,8-11H2,1H3,(H,17,19);6-7H,2-5,9H2,1H3. The molecule has 2 saturated carbocycles. The molecule has 2 aliphatic carbocycles. The van der Waals surface area contributed by atoms with Gasteiger partial charge in [0, 0.05) is 12.1 Å². The van der Waals surface area contributed by atoms with Crippen molar-refractivity contribution in [2.45, 2.75) is 70.1 Å². The van der Waals surface area contributed by atoms with Crippen molar-refractivity contribution in [3.05, 3.63) is 35.9 Å². The maximum absolute atomic E-state index is 11.8. The monoisotopic (exact) mass is 448 g/mol. The van der Waals surface area contributed by atoms with Gasteiger partial charge in [-0.15, -0.1) is 0 Å². The summed E-state index contributed by atoms with van der Waals surface area (Å²) in [5.41, 5.74) is 6.66. The molecule has 3 N–H and O–H groups in total. The summed E-state index contributed by atoms with van der Waals surface area (Å²) >= 11 is 0. The Morgan fingerprint density at radius 3 is 2.09 bits per heavy atom. The SMILES string of the molecule is COC(=O)C1CCCC(N)C1.COC(=O)C1CCCC(NC(=O)OCc2ccccc2)C1. The van der Waals surface area contributed by atoms with E-state index >= 15 is 0 Å². The third-order valence-electron chi connectivity index (χ3n) is 5.99. The number of nitrogens with one attached hydrogen (secondary N) is 1. The van der Waals surface area contributed by atoms with Crippen molar-refractivity contribution < 1.29 is 28.6 Å². The summed E-state index contributed by atoms with van der Waals surface area (Å²) in [5, 5.41) is 2.83. The van der Waals surface area contributed by atoms with E-state index in [1.165, 1.54) is 14.2 Å². The Morgan fingerprint density at radius 1 is 0.906 bits per heavy atom. The first kappa shape index (κ1) is 25.6. The lowest BCUT2D eigenvalue weighted by molar-refractivity contribution is -0.147. The topological polar surface area (TPSA) is 117 Å². The Balaban J connectivity index is 0.000000278. The quantitative estimate of drug-likeness (QED) is 0.524. The summed E-state index contributed by atoms with van der Waals surface area (Å²) in [6, 6.07) is 9.71. The van der Waals surface area contributed by atoms with E-state index in [0.717, 1.165) is 50.5 Å². The maximum Gasteiger partial charge on any atom is 0.407 e. The zero-order chi connectivity index (χ0) is 23.3. The number of amides is 1. The zero-order valence-corrected chi connectivity index (χ0v) is 19.1. The third-order valence-corrected chi connectivity index (χ3v) is 5.99. The normalized spacial score (nSPS) is 24.8. The minimum atomic E-state index is -0.436. The first-order chi connectivity index (χ1) is 15.4. The number of benzene rings is 1. The fraction of sp³-hybridized carbons (Fsp3) is 0.625. The average Bonchev–Trinajstić information content (AvgIpc) is 2.83. The smallest absolute Gasteiger partial charge is 0.407 e. The van der Waals surface area contributed by atoms with Crippen LogP contribution in [0.3, 0.4) is 0 Å². The molecule has 1 amide bonds. The minimum Gasteiger partial charge on any atom is -0.469 e. The van der Waals surface area contributed by atoms with Gasteiger partial charge in [-0.05, 0) is 44.1 Å². The summed E-state index contributed by atoms with van der Waals surface area (Å²) in [6.45, 7) is 0.250. The predicted molar refractivity (Wildman–Crippen MR) is 119 cm³/mol. The van der Waals surface area contributed by atoms with Gasteiger partial charge in [-0.2, -0.15) is 0 Å². The molecular weight excluding hydrogens is 412 g/mol. The van der Waals surface area contributed by atoms with Crippen LogP contribution in [0.15, 0.2) is 30.3 Å². The molecule has 178 valence electrons. The molecule has 1 aromatic carbocycles. The number of esters is 2.